The van der Waals surface area contributed by atoms with Gasteiger partial charge >= 0.3 is 0 Å². The SMILES string of the molecule is CC(C)(N)C(=O)N[C@H](CCCc1ccccc1)C(=O)N1CCC2(CC1)CN(S(C)(=O)=O)c1ccccc12.Cl. The second-order valence-electron chi connectivity index (χ2n) is 11.0. The predicted octanol–water partition coefficient (Wildman–Crippen LogP) is 2.99. The number of halogens is 1. The maximum atomic E-state index is 13.6. The first-order valence-electron chi connectivity index (χ1n) is 12.9. The molecule has 1 saturated heterocycles. The van der Waals surface area contributed by atoms with E-state index in [0.717, 1.165) is 24.1 Å². The number of sulfonamides is 1. The number of likely N-dealkylation sites (tertiary alicyclic amines) is 1. The number of rotatable bonds is 8. The van der Waals surface area contributed by atoms with Crippen LogP contribution in [-0.4, -0.2) is 62.6 Å². The van der Waals surface area contributed by atoms with Gasteiger partial charge in [-0.1, -0.05) is 48.5 Å². The predicted molar refractivity (Wildman–Crippen MR) is 153 cm³/mol. The highest BCUT2D eigenvalue weighted by Crippen LogP contribution is 2.47. The first-order valence-corrected chi connectivity index (χ1v) is 14.8. The Bertz CT molecular complexity index is 1240. The maximum absolute atomic E-state index is 13.6. The van der Waals surface area contributed by atoms with Gasteiger partial charge < -0.3 is 16.0 Å². The summed E-state index contributed by atoms with van der Waals surface area (Å²) in [7, 11) is -3.40. The van der Waals surface area contributed by atoms with Gasteiger partial charge in [-0.2, -0.15) is 0 Å². The van der Waals surface area contributed by atoms with Crippen molar-refractivity contribution in [3.63, 3.8) is 0 Å². The fourth-order valence-corrected chi connectivity index (χ4v) is 6.44. The lowest BCUT2D eigenvalue weighted by molar-refractivity contribution is -0.139. The van der Waals surface area contributed by atoms with E-state index in [2.05, 4.69) is 17.4 Å². The molecule has 1 atom stereocenters. The van der Waals surface area contributed by atoms with Gasteiger partial charge in [0, 0.05) is 25.0 Å². The minimum absolute atomic E-state index is 0. The topological polar surface area (TPSA) is 113 Å². The zero-order chi connectivity index (χ0) is 26.8. The normalized spacial score (nSPS) is 17.5. The molecule has 2 heterocycles. The van der Waals surface area contributed by atoms with Crippen molar-refractivity contribution in [2.45, 2.75) is 62.9 Å². The van der Waals surface area contributed by atoms with Crippen molar-refractivity contribution in [2.24, 2.45) is 5.73 Å². The highest BCUT2D eigenvalue weighted by atomic mass is 35.5. The Balaban J connectivity index is 0.00000400. The van der Waals surface area contributed by atoms with Crippen LogP contribution in [0.1, 0.15) is 50.7 Å². The third kappa shape index (κ3) is 6.50. The molecule has 2 aromatic rings. The molecule has 38 heavy (non-hydrogen) atoms. The number of nitrogens with zero attached hydrogens (tertiary/aromatic N) is 2. The molecule has 2 amide bonds. The fraction of sp³-hybridized carbons (Fsp3) is 0.500. The Kier molecular flexibility index (Phi) is 9.16. The molecule has 2 aromatic carbocycles. The van der Waals surface area contributed by atoms with E-state index >= 15 is 0 Å². The molecule has 0 radical (unpaired) electrons. The summed E-state index contributed by atoms with van der Waals surface area (Å²) in [5, 5.41) is 2.90. The third-order valence-corrected chi connectivity index (χ3v) is 8.74. The van der Waals surface area contributed by atoms with E-state index in [0.29, 0.717) is 38.9 Å². The van der Waals surface area contributed by atoms with Crippen LogP contribution in [0.2, 0.25) is 0 Å². The molecule has 0 aliphatic carbocycles. The molecule has 0 unspecified atom stereocenters. The molecule has 0 bridgehead atoms. The van der Waals surface area contributed by atoms with Gasteiger partial charge in [-0.05, 0) is 63.1 Å². The Hall–Kier alpha value is -2.62. The number of carbonyl (C=O) groups excluding carboxylic acids is 2. The first kappa shape index (κ1) is 29.9. The molecule has 4 rings (SSSR count). The lowest BCUT2D eigenvalue weighted by Gasteiger charge is -2.41. The first-order chi connectivity index (χ1) is 17.4. The fourth-order valence-electron chi connectivity index (χ4n) is 5.44. The second kappa shape index (κ2) is 11.6. The zero-order valence-corrected chi connectivity index (χ0v) is 24.0. The van der Waals surface area contributed by atoms with E-state index in [1.807, 2.05) is 47.4 Å². The third-order valence-electron chi connectivity index (χ3n) is 7.61. The van der Waals surface area contributed by atoms with E-state index in [1.54, 1.807) is 13.8 Å². The molecular weight excluding hydrogens is 524 g/mol. The Morgan fingerprint density at radius 3 is 2.26 bits per heavy atom. The number of carbonyl (C=O) groups is 2. The molecule has 208 valence electrons. The van der Waals surface area contributed by atoms with Crippen LogP contribution < -0.4 is 15.4 Å². The average molecular weight is 563 g/mol. The molecule has 3 N–H and O–H groups in total. The summed E-state index contributed by atoms with van der Waals surface area (Å²) in [5.41, 5.74) is 7.56. The second-order valence-corrected chi connectivity index (χ2v) is 12.9. The summed E-state index contributed by atoms with van der Waals surface area (Å²) in [6, 6.07) is 17.1. The number of fused-ring (bicyclic) bond motifs is 2. The van der Waals surface area contributed by atoms with Gasteiger partial charge in [-0.3, -0.25) is 13.9 Å². The maximum Gasteiger partial charge on any atom is 0.245 e. The minimum atomic E-state index is -3.40. The van der Waals surface area contributed by atoms with Crippen LogP contribution in [0.4, 0.5) is 5.69 Å². The van der Waals surface area contributed by atoms with Crippen molar-refractivity contribution in [2.75, 3.05) is 30.2 Å². The summed E-state index contributed by atoms with van der Waals surface area (Å²) in [5.74, 6) is -0.459. The molecular formula is C28H39ClN4O4S. The van der Waals surface area contributed by atoms with E-state index in [4.69, 9.17) is 5.73 Å². The standard InChI is InChI=1S/C28H38N4O4S.ClH/c1-27(2,29)26(34)30-23(14-9-12-21-10-5-4-6-11-21)25(33)31-18-16-28(17-19-31)20-32(37(3,35)36)24-15-8-7-13-22(24)28;/h4-8,10-11,13,15,23H,9,12,14,16-20,29H2,1-3H3,(H,30,34);1H/t23-;/m1./s1. The Labute approximate surface area is 232 Å². The molecule has 0 saturated carbocycles. The zero-order valence-electron chi connectivity index (χ0n) is 22.4. The van der Waals surface area contributed by atoms with Crippen molar-refractivity contribution < 1.29 is 18.0 Å². The van der Waals surface area contributed by atoms with Gasteiger partial charge in [0.05, 0.1) is 17.5 Å². The van der Waals surface area contributed by atoms with Crippen molar-refractivity contribution >= 4 is 39.9 Å². The summed E-state index contributed by atoms with van der Waals surface area (Å²) < 4.78 is 26.5. The molecule has 2 aliphatic rings. The van der Waals surface area contributed by atoms with Gasteiger partial charge in [0.2, 0.25) is 21.8 Å². The molecule has 2 aliphatic heterocycles. The molecule has 8 nitrogen and oxygen atoms in total. The average Bonchev–Trinajstić information content (AvgIpc) is 3.18. The van der Waals surface area contributed by atoms with E-state index in [-0.39, 0.29) is 29.6 Å². The number of hydrogen-bond donors (Lipinski definition) is 2. The number of aryl methyl sites for hydroxylation is 1. The van der Waals surface area contributed by atoms with Crippen molar-refractivity contribution in [3.8, 4) is 0 Å². The Morgan fingerprint density at radius 1 is 1.05 bits per heavy atom. The van der Waals surface area contributed by atoms with Gasteiger partial charge in [0.25, 0.3) is 0 Å². The summed E-state index contributed by atoms with van der Waals surface area (Å²) >= 11 is 0. The number of hydrogen-bond acceptors (Lipinski definition) is 5. The Morgan fingerprint density at radius 2 is 1.66 bits per heavy atom. The van der Waals surface area contributed by atoms with Crippen molar-refractivity contribution in [3.05, 3.63) is 65.7 Å². The number of benzene rings is 2. The number of para-hydroxylation sites is 1. The van der Waals surface area contributed by atoms with Gasteiger partial charge in [-0.15, -0.1) is 12.4 Å². The van der Waals surface area contributed by atoms with Gasteiger partial charge in [0.15, 0.2) is 0 Å². The van der Waals surface area contributed by atoms with Crippen molar-refractivity contribution in [1.29, 1.82) is 0 Å². The number of nitrogens with one attached hydrogen (secondary N) is 1. The monoisotopic (exact) mass is 562 g/mol. The van der Waals surface area contributed by atoms with Crippen LogP contribution in [-0.2, 0) is 31.4 Å². The largest absolute Gasteiger partial charge is 0.343 e. The van der Waals surface area contributed by atoms with E-state index in [1.165, 1.54) is 16.1 Å². The van der Waals surface area contributed by atoms with Gasteiger partial charge in [0.1, 0.15) is 6.04 Å². The molecule has 1 fully saturated rings. The van der Waals surface area contributed by atoms with Crippen LogP contribution in [0.15, 0.2) is 54.6 Å². The highest BCUT2D eigenvalue weighted by molar-refractivity contribution is 7.92. The van der Waals surface area contributed by atoms with E-state index in [9.17, 15) is 18.0 Å². The lowest BCUT2D eigenvalue weighted by atomic mass is 9.74. The van der Waals surface area contributed by atoms with Crippen LogP contribution >= 0.6 is 12.4 Å². The minimum Gasteiger partial charge on any atom is -0.343 e. The number of nitrogens with two attached hydrogens (primary N) is 1. The smallest absolute Gasteiger partial charge is 0.245 e. The number of amides is 2. The highest BCUT2D eigenvalue weighted by Gasteiger charge is 2.47. The molecule has 1 spiro atoms. The number of anilines is 1. The molecule has 10 heteroatoms. The van der Waals surface area contributed by atoms with Gasteiger partial charge in [-0.25, -0.2) is 8.42 Å². The molecule has 0 aromatic heterocycles. The number of piperidine rings is 1. The summed E-state index contributed by atoms with van der Waals surface area (Å²) in [6.07, 6.45) is 4.64. The summed E-state index contributed by atoms with van der Waals surface area (Å²) in [6.45, 7) is 4.66. The lowest BCUT2D eigenvalue weighted by Crippen LogP contribution is -2.58. The van der Waals surface area contributed by atoms with Crippen molar-refractivity contribution in [1.82, 2.24) is 10.2 Å². The van der Waals surface area contributed by atoms with Crippen LogP contribution in [0.5, 0.6) is 0 Å². The van der Waals surface area contributed by atoms with E-state index < -0.39 is 21.6 Å². The van der Waals surface area contributed by atoms with Crippen LogP contribution in [0.3, 0.4) is 0 Å². The van der Waals surface area contributed by atoms with Crippen LogP contribution in [0, 0.1) is 0 Å². The quantitative estimate of drug-likeness (QED) is 0.513. The van der Waals surface area contributed by atoms with Crippen LogP contribution in [0.25, 0.3) is 0 Å². The summed E-state index contributed by atoms with van der Waals surface area (Å²) in [4.78, 5) is 28.2.